The Labute approximate surface area is 473 Å². The van der Waals surface area contributed by atoms with Crippen LogP contribution in [-0.2, 0) is 23.6 Å². The highest BCUT2D eigenvalue weighted by Crippen LogP contribution is 2.51. The molecule has 0 aromatic carbocycles. The number of fused-ring (bicyclic) bond motifs is 6. The molecule has 0 spiro atoms. The summed E-state index contributed by atoms with van der Waals surface area (Å²) in [5, 5.41) is 30.6. The molecule has 27 heteroatoms. The van der Waals surface area contributed by atoms with Crippen molar-refractivity contribution in [1.29, 1.82) is 0 Å². The lowest BCUT2D eigenvalue weighted by molar-refractivity contribution is -0.132. The molecule has 0 aliphatic rings. The smallest absolute Gasteiger partial charge is 0.328 e. The Hall–Kier alpha value is -2.76. The lowest BCUT2D eigenvalue weighted by atomic mass is 10.3. The van der Waals surface area contributed by atoms with Crippen molar-refractivity contribution in [3.63, 3.8) is 0 Å². The molecular formula is C43H28Cl5F2IO9S10. The first-order valence-electron chi connectivity index (χ1n) is 17.9. The van der Waals surface area contributed by atoms with E-state index in [-0.39, 0.29) is 19.1 Å². The number of allylic oxidation sites excluding steroid dienone is 1. The Morgan fingerprint density at radius 3 is 1.46 bits per heavy atom. The van der Waals surface area contributed by atoms with Gasteiger partial charge in [-0.15, -0.1) is 102 Å². The van der Waals surface area contributed by atoms with Crippen molar-refractivity contribution < 1.29 is 52.3 Å². The van der Waals surface area contributed by atoms with E-state index in [0.717, 1.165) is 85.0 Å². The van der Waals surface area contributed by atoms with E-state index in [1.165, 1.54) is 114 Å². The fourth-order valence-electron chi connectivity index (χ4n) is 4.81. The molecule has 0 saturated carbocycles. The Kier molecular flexibility index (Phi) is 26.8. The Balaban J connectivity index is 0.000000229. The molecule has 0 amide bonds. The third-order valence-corrected chi connectivity index (χ3v) is 20.6. The minimum absolute atomic E-state index is 0. The largest absolute Gasteiger partial charge is 0.478 e. The van der Waals surface area contributed by atoms with Crippen LogP contribution in [-0.4, -0.2) is 49.0 Å². The average Bonchev–Trinajstić information content (AvgIpc) is 4.16. The molecule has 0 bridgehead atoms. The van der Waals surface area contributed by atoms with Crippen molar-refractivity contribution in [2.24, 2.45) is 0 Å². The predicted molar refractivity (Wildman–Crippen MR) is 313 cm³/mol. The quantitative estimate of drug-likeness (QED) is 0.0552. The van der Waals surface area contributed by atoms with E-state index in [9.17, 15) is 32.8 Å². The monoisotopic (exact) mass is 1350 g/mol. The van der Waals surface area contributed by atoms with Gasteiger partial charge in [0.1, 0.15) is 4.88 Å². The molecular weight excluding hydrogens is 1320 g/mol. The highest BCUT2D eigenvalue weighted by atomic mass is 127. The van der Waals surface area contributed by atoms with Gasteiger partial charge in [-0.2, -0.15) is 0 Å². The van der Waals surface area contributed by atoms with Crippen LogP contribution in [0.25, 0.3) is 61.9 Å². The zero-order valence-electron chi connectivity index (χ0n) is 33.8. The van der Waals surface area contributed by atoms with Crippen LogP contribution in [0, 0.1) is 14.5 Å². The zero-order chi connectivity index (χ0) is 50.9. The van der Waals surface area contributed by atoms with E-state index >= 15 is 0 Å². The third-order valence-electron chi connectivity index (χ3n) is 7.44. The molecule has 70 heavy (non-hydrogen) atoms. The second-order valence-electron chi connectivity index (χ2n) is 12.0. The van der Waals surface area contributed by atoms with Gasteiger partial charge in [0.15, 0.2) is 17.9 Å². The molecule has 9 nitrogen and oxygen atoms in total. The number of thiophene rings is 9. The summed E-state index contributed by atoms with van der Waals surface area (Å²) >= 11 is 32.7. The van der Waals surface area contributed by atoms with Gasteiger partial charge in [0.25, 0.3) is 5.24 Å². The lowest BCUT2D eigenvalue weighted by Gasteiger charge is -1.86. The van der Waals surface area contributed by atoms with E-state index in [1.807, 2.05) is 48.7 Å². The molecule has 0 aliphatic heterocycles. The van der Waals surface area contributed by atoms with Crippen LogP contribution in [0.2, 0.25) is 10.0 Å². The number of carboxylic acid groups (broad SMARTS) is 3. The van der Waals surface area contributed by atoms with Crippen LogP contribution in [0.1, 0.15) is 53.2 Å². The number of carbonyl (C=O) groups is 5. The predicted octanol–water partition coefficient (Wildman–Crippen LogP) is 19.0. The van der Waals surface area contributed by atoms with E-state index < -0.39 is 32.4 Å². The Morgan fingerprint density at radius 2 is 1.03 bits per heavy atom. The number of hydrogen-bond donors (Lipinski definition) is 3. The molecule has 0 fully saturated rings. The minimum atomic E-state index is -1.67. The van der Waals surface area contributed by atoms with Gasteiger partial charge in [-0.25, -0.2) is 27.4 Å². The van der Waals surface area contributed by atoms with Crippen molar-refractivity contribution in [2.45, 2.75) is 14.4 Å². The molecule has 9 heterocycles. The molecule has 0 unspecified atom stereocenters. The van der Waals surface area contributed by atoms with Crippen molar-refractivity contribution >= 4 is 281 Å². The molecule has 9 aromatic rings. The van der Waals surface area contributed by atoms with E-state index in [1.54, 1.807) is 29.5 Å². The first kappa shape index (κ1) is 61.5. The highest BCUT2D eigenvalue weighted by molar-refractivity contribution is 14.1. The molecule has 9 rings (SSSR count). The summed E-state index contributed by atoms with van der Waals surface area (Å²) in [6.07, 6.45) is 12.5. The summed E-state index contributed by atoms with van der Waals surface area (Å²) in [4.78, 5) is 56.7. The van der Waals surface area contributed by atoms with Crippen LogP contribution in [0.5, 0.6) is 0 Å². The van der Waals surface area contributed by atoms with Crippen molar-refractivity contribution in [3.8, 4) is 0 Å². The van der Waals surface area contributed by atoms with Crippen LogP contribution in [0.15, 0.2) is 76.8 Å². The summed E-state index contributed by atoms with van der Waals surface area (Å²) in [5.41, 5.74) is 0. The van der Waals surface area contributed by atoms with Crippen molar-refractivity contribution in [3.05, 3.63) is 131 Å². The van der Waals surface area contributed by atoms with Gasteiger partial charge in [-0.05, 0) is 101 Å². The maximum absolute atomic E-state index is 13.1. The molecule has 0 aliphatic carbocycles. The number of carboxylic acids is 3. The van der Waals surface area contributed by atoms with Gasteiger partial charge in [0.2, 0.25) is 9.23 Å². The highest BCUT2D eigenvalue weighted by Gasteiger charge is 2.23. The van der Waals surface area contributed by atoms with E-state index in [0.29, 0.717) is 19.3 Å². The standard InChI is InChI=1S/C10H8O4S.C9Cl3IOS3.C8H2F2S3.C8H8OS.C7H6O2S.CH4.Cl2OS/c11-9(12)5-3-7-1-2-8(15-7)4-6-10(13)14;10-1-3-6(16-5(1)8(12)14)7-4(15-3)2(11)9(13)17-7;9-3-1-11-7-5(3)13-6-4(10)2-12-8(6)7;1-2-3-7-4-5-8(6-9)10-7;8-7(9)4-3-6-2-1-5-10-6;;1-4(2)3/h1-6H,(H,11,12)(H,13,14);;1-2H;2-6H,1H3;1-5H,(H,8,9);1H4;/b5-3-,6-4?;;;;;;. The SMILES string of the molecule is C.CC=Cc1ccc(C=O)s1.Fc1csc2c1sc1c(F)csc12.O=C(Cl)c1sc2c(sc3c(Cl)c(I)sc32)c1Cl.O=C(O)C=Cc1ccc(/C=C\C(=O)O)s1.O=C(O)C=Cc1cccs1.O=S(Cl)Cl. The van der Waals surface area contributed by atoms with Crippen molar-refractivity contribution in [1.82, 2.24) is 0 Å². The van der Waals surface area contributed by atoms with Crippen LogP contribution < -0.4 is 0 Å². The van der Waals surface area contributed by atoms with Crippen LogP contribution in [0.3, 0.4) is 0 Å². The molecule has 370 valence electrons. The topological polar surface area (TPSA) is 163 Å². The summed E-state index contributed by atoms with van der Waals surface area (Å²) in [6.45, 7) is 1.96. The number of carbonyl (C=O) groups excluding carboxylic acids is 2. The fourth-order valence-corrected chi connectivity index (χ4v) is 16.4. The third kappa shape index (κ3) is 18.6. The molecule has 0 radical (unpaired) electrons. The van der Waals surface area contributed by atoms with E-state index in [2.05, 4.69) is 44.0 Å². The molecule has 0 saturated heterocycles. The van der Waals surface area contributed by atoms with Gasteiger partial charge < -0.3 is 15.3 Å². The molecule has 3 N–H and O–H groups in total. The fraction of sp³-hybridized carbons (Fsp3) is 0.0465. The molecule has 0 atom stereocenters. The number of aldehydes is 1. The Bertz CT molecular complexity index is 3270. The second kappa shape index (κ2) is 30.4. The maximum atomic E-state index is 13.1. The van der Waals surface area contributed by atoms with Crippen LogP contribution in [0.4, 0.5) is 8.78 Å². The first-order chi connectivity index (χ1) is 32.7. The summed E-state index contributed by atoms with van der Waals surface area (Å²) in [5.74, 6) is -3.38. The van der Waals surface area contributed by atoms with E-state index in [4.69, 9.17) is 54.3 Å². The maximum Gasteiger partial charge on any atom is 0.328 e. The van der Waals surface area contributed by atoms with Gasteiger partial charge in [-0.3, -0.25) is 9.59 Å². The van der Waals surface area contributed by atoms with Gasteiger partial charge >= 0.3 is 17.9 Å². The Morgan fingerprint density at radius 1 is 0.600 bits per heavy atom. The van der Waals surface area contributed by atoms with Gasteiger partial charge in [-0.1, -0.05) is 42.8 Å². The van der Waals surface area contributed by atoms with Gasteiger partial charge in [0, 0.05) is 69.9 Å². The summed E-state index contributed by atoms with van der Waals surface area (Å²) < 4.78 is 43.3. The molecule has 9 aromatic heterocycles. The number of hydrogen-bond acceptors (Lipinski definition) is 15. The first-order valence-corrected chi connectivity index (χ1v) is 30.5. The van der Waals surface area contributed by atoms with Gasteiger partial charge in [0.05, 0.1) is 55.4 Å². The van der Waals surface area contributed by atoms with Crippen LogP contribution >= 0.6 is 181 Å². The average molecular weight is 1350 g/mol. The summed E-state index contributed by atoms with van der Waals surface area (Å²) in [6, 6.07) is 11.0. The zero-order valence-corrected chi connectivity index (χ0v) is 47.9. The lowest BCUT2D eigenvalue weighted by Crippen LogP contribution is -1.84. The minimum Gasteiger partial charge on any atom is -0.478 e. The normalized spacial score (nSPS) is 10.9. The second-order valence-corrected chi connectivity index (χ2v) is 26.6. The summed E-state index contributed by atoms with van der Waals surface area (Å²) in [7, 11) is 7.36. The van der Waals surface area contributed by atoms with Crippen molar-refractivity contribution in [2.75, 3.05) is 0 Å². The number of halogens is 8. The number of rotatable bonds is 9. The number of aliphatic carboxylic acids is 3.